The molecule has 0 unspecified atom stereocenters. The predicted octanol–water partition coefficient (Wildman–Crippen LogP) is -4.58. The van der Waals surface area contributed by atoms with E-state index in [9.17, 15) is 0 Å². The fourth-order valence-corrected chi connectivity index (χ4v) is 0.481. The molecule has 15 heavy (non-hydrogen) atoms. The molecule has 0 aliphatic heterocycles. The van der Waals surface area contributed by atoms with Crippen LogP contribution in [0.5, 0.6) is 0 Å². The molecule has 2 rings (SSSR count). The summed E-state index contributed by atoms with van der Waals surface area (Å²) in [5.74, 6) is -1.08. The number of hydrogen-bond donors (Lipinski definition) is 2. The minimum atomic E-state index is -1.08. The lowest BCUT2D eigenvalue weighted by Gasteiger charge is -1.77. The van der Waals surface area contributed by atoms with E-state index in [1.165, 1.54) is 0 Å². The van der Waals surface area contributed by atoms with E-state index in [-0.39, 0.29) is 12.4 Å². The summed E-state index contributed by atoms with van der Waals surface area (Å²) in [7, 11) is 0. The molecule has 2 aromatic rings. The van der Waals surface area contributed by atoms with Gasteiger partial charge in [0.1, 0.15) is 24.8 Å². The zero-order chi connectivity index (χ0) is 10.6. The van der Waals surface area contributed by atoms with Crippen molar-refractivity contribution in [2.75, 3.05) is 0 Å². The van der Waals surface area contributed by atoms with Crippen molar-refractivity contribution in [3.8, 4) is 0 Å². The highest BCUT2D eigenvalue weighted by Gasteiger charge is 1.65. The average molecular weight is 233 g/mol. The Morgan fingerprint density at radius 3 is 1.53 bits per heavy atom. The summed E-state index contributed by atoms with van der Waals surface area (Å²) >= 11 is 0. The number of rotatable bonds is 0. The zero-order valence-electron chi connectivity index (χ0n) is 8.16. The lowest BCUT2D eigenvalue weighted by Crippen LogP contribution is -3.00. The van der Waals surface area contributed by atoms with Gasteiger partial charge in [-0.2, -0.15) is 0 Å². The largest absolute Gasteiger partial charge is 1.00 e. The summed E-state index contributed by atoms with van der Waals surface area (Å²) in [5.41, 5.74) is 0. The number of hydrogen-bond acceptors (Lipinski definition) is 2. The van der Waals surface area contributed by atoms with Gasteiger partial charge in [-0.3, -0.25) is 19.9 Å². The smallest absolute Gasteiger partial charge is 0.239 e. The van der Waals surface area contributed by atoms with Gasteiger partial charge in [-0.25, -0.2) is 0 Å². The molecule has 0 spiro atoms. The van der Waals surface area contributed by atoms with E-state index in [2.05, 4.69) is 19.9 Å². The number of H-pyrrole nitrogens is 4. The molecular formula is C8H13ClN4O2. The average Bonchev–Trinajstić information content (AvgIpc) is 2.83. The number of carbonyl (C=O) groups is 1. The van der Waals surface area contributed by atoms with Gasteiger partial charge in [0.05, 0.1) is 0 Å². The highest BCUT2D eigenvalue weighted by Crippen LogP contribution is 1.54. The first-order chi connectivity index (χ1) is 6.73. The van der Waals surface area contributed by atoms with E-state index in [1.54, 1.807) is 12.7 Å². The number of carbonyl (C=O) groups excluding carboxylic acids is 1. The maximum absolute atomic E-state index is 8.89. The number of aromatic nitrogens is 4. The van der Waals surface area contributed by atoms with Crippen LogP contribution in [0.25, 0.3) is 0 Å². The summed E-state index contributed by atoms with van der Waals surface area (Å²) in [5, 5.41) is 8.89. The molecule has 0 atom stereocenters. The molecule has 0 aliphatic rings. The Labute approximate surface area is 93.2 Å². The summed E-state index contributed by atoms with van der Waals surface area (Å²) in [4.78, 5) is 20.1. The zero-order valence-corrected chi connectivity index (χ0v) is 8.91. The Hall–Kier alpha value is -1.82. The van der Waals surface area contributed by atoms with E-state index in [4.69, 9.17) is 9.90 Å². The van der Waals surface area contributed by atoms with Crippen LogP contribution in [0.1, 0.15) is 6.92 Å². The van der Waals surface area contributed by atoms with Crippen LogP contribution in [0.2, 0.25) is 0 Å². The summed E-state index contributed by atoms with van der Waals surface area (Å²) in [6.45, 7) is 0.972. The molecule has 0 saturated carbocycles. The van der Waals surface area contributed by atoms with E-state index in [1.807, 2.05) is 24.8 Å². The Bertz CT molecular complexity index is 232. The van der Waals surface area contributed by atoms with Crippen LogP contribution in [0.15, 0.2) is 37.4 Å². The van der Waals surface area contributed by atoms with Gasteiger partial charge in [0.25, 0.3) is 0 Å². The molecule has 0 aliphatic carbocycles. The van der Waals surface area contributed by atoms with Crippen molar-refractivity contribution in [3.05, 3.63) is 37.4 Å². The normalized spacial score (nSPS) is 7.00. The number of aromatic amines is 4. The van der Waals surface area contributed by atoms with Gasteiger partial charge in [-0.05, 0) is 6.92 Å². The second-order valence-corrected chi connectivity index (χ2v) is 2.11. The highest BCUT2D eigenvalue weighted by molar-refractivity contribution is 5.60. The third-order valence-electron chi connectivity index (χ3n) is 0.885. The minimum absolute atomic E-state index is 0. The topological polar surface area (TPSA) is 100.0 Å². The standard InChI is InChI=1S/2C3H4N2.C2H4O2.ClH/c2*1-2-5-3-4-1;1-2(3)4;/h2*1-3H,(H,4,5);1H3,(H,3,4);1H. The molecule has 2 heterocycles. The van der Waals surface area contributed by atoms with E-state index in [0.29, 0.717) is 0 Å². The monoisotopic (exact) mass is 232 g/mol. The summed E-state index contributed by atoms with van der Waals surface area (Å²) < 4.78 is 0. The van der Waals surface area contributed by atoms with Crippen LogP contribution < -0.4 is 27.5 Å². The lowest BCUT2D eigenvalue weighted by atomic mass is 10.9. The van der Waals surface area contributed by atoms with Gasteiger partial charge in [0, 0.05) is 5.97 Å². The van der Waals surface area contributed by atoms with Gasteiger partial charge < -0.3 is 22.3 Å². The van der Waals surface area contributed by atoms with Gasteiger partial charge in [-0.1, -0.05) is 0 Å². The van der Waals surface area contributed by atoms with Crippen molar-refractivity contribution >= 4 is 5.97 Å². The number of carboxylic acid groups (broad SMARTS) is 1. The molecule has 2 aromatic heterocycles. The van der Waals surface area contributed by atoms with Crippen molar-refractivity contribution < 1.29 is 32.3 Å². The number of imidazole rings is 2. The molecule has 4 N–H and O–H groups in total. The first kappa shape index (κ1) is 15.6. The van der Waals surface area contributed by atoms with Crippen molar-refractivity contribution in [2.24, 2.45) is 0 Å². The van der Waals surface area contributed by atoms with Crippen LogP contribution in [-0.2, 0) is 4.79 Å². The van der Waals surface area contributed by atoms with Gasteiger partial charge in [0.2, 0.25) is 12.7 Å². The van der Waals surface area contributed by atoms with Crippen molar-refractivity contribution in [1.29, 1.82) is 0 Å². The Kier molecular flexibility index (Phi) is 12.7. The molecular weight excluding hydrogens is 220 g/mol. The van der Waals surface area contributed by atoms with Gasteiger partial charge >= 0.3 is 0 Å². The van der Waals surface area contributed by atoms with Crippen LogP contribution >= 0.6 is 0 Å². The molecule has 0 amide bonds. The molecule has 0 radical (unpaired) electrons. The van der Waals surface area contributed by atoms with E-state index < -0.39 is 5.97 Å². The van der Waals surface area contributed by atoms with Gasteiger partial charge in [-0.15, -0.1) is 0 Å². The Balaban J connectivity index is 0. The molecule has 0 fully saturated rings. The van der Waals surface area contributed by atoms with E-state index in [0.717, 1.165) is 6.92 Å². The molecule has 6 nitrogen and oxygen atoms in total. The van der Waals surface area contributed by atoms with Crippen LogP contribution in [0.4, 0.5) is 0 Å². The highest BCUT2D eigenvalue weighted by atomic mass is 35.5. The Morgan fingerprint density at radius 2 is 1.47 bits per heavy atom. The second kappa shape index (κ2) is 12.2. The quantitative estimate of drug-likeness (QED) is 0.478. The molecule has 0 aromatic carbocycles. The first-order valence-corrected chi connectivity index (χ1v) is 3.88. The molecule has 84 valence electrons. The van der Waals surface area contributed by atoms with Crippen molar-refractivity contribution in [2.45, 2.75) is 6.92 Å². The molecule has 0 saturated heterocycles. The van der Waals surface area contributed by atoms with Crippen LogP contribution in [0, 0.1) is 0 Å². The number of aliphatic carboxylic acids is 1. The van der Waals surface area contributed by atoms with E-state index >= 15 is 0 Å². The third-order valence-corrected chi connectivity index (χ3v) is 0.885. The summed E-state index contributed by atoms with van der Waals surface area (Å²) in [6, 6.07) is 0. The third kappa shape index (κ3) is 18.9. The predicted molar refractivity (Wildman–Crippen MR) is 45.4 cm³/mol. The fraction of sp³-hybridized carbons (Fsp3) is 0.125. The molecule has 7 heteroatoms. The second-order valence-electron chi connectivity index (χ2n) is 2.11. The fourth-order valence-electron chi connectivity index (χ4n) is 0.481. The Morgan fingerprint density at radius 1 is 1.13 bits per heavy atom. The molecule has 0 bridgehead atoms. The maximum Gasteiger partial charge on any atom is 0.239 e. The van der Waals surface area contributed by atoms with Crippen LogP contribution in [0.3, 0.4) is 0 Å². The maximum atomic E-state index is 8.89. The van der Waals surface area contributed by atoms with Crippen molar-refractivity contribution in [1.82, 2.24) is 9.97 Å². The summed E-state index contributed by atoms with van der Waals surface area (Å²) in [6.07, 6.45) is 10.8. The SMILES string of the molecule is CC(=O)[O-].[Cl-].c1c[nH+]c[nH]1.c1c[nH+]c[nH]1. The first-order valence-electron chi connectivity index (χ1n) is 3.88. The number of halogens is 1. The number of nitrogens with one attached hydrogen (secondary N) is 4. The lowest BCUT2D eigenvalue weighted by molar-refractivity contribution is -0.376. The van der Waals surface area contributed by atoms with Crippen LogP contribution in [-0.4, -0.2) is 15.9 Å². The minimum Gasteiger partial charge on any atom is -1.00 e. The van der Waals surface area contributed by atoms with Gasteiger partial charge in [0.15, 0.2) is 0 Å². The van der Waals surface area contributed by atoms with Crippen molar-refractivity contribution in [3.63, 3.8) is 0 Å². The number of carboxylic acids is 1.